The number of anilines is 1. The van der Waals surface area contributed by atoms with Crippen LogP contribution in [0.15, 0.2) is 89.4 Å². The van der Waals surface area contributed by atoms with E-state index in [0.717, 1.165) is 21.1 Å². The zero-order chi connectivity index (χ0) is 23.8. The first-order chi connectivity index (χ1) is 16.5. The molecule has 0 N–H and O–H groups in total. The standard InChI is InChI=1S/C28H21BrN2O3/c1-18-8-5-6-13-24(18)30(26(32)19-9-3-2-4-10-19)16-17-31-27(33)21-12-7-11-20-23(29)15-14-22(25(20)21)28(31)34/h2-15H,16-17H2,1H3. The minimum Gasteiger partial charge on any atom is -0.306 e. The predicted octanol–water partition coefficient (Wildman–Crippen LogP) is 5.85. The first kappa shape index (κ1) is 22.0. The molecule has 1 aliphatic rings. The van der Waals surface area contributed by atoms with Crippen molar-refractivity contribution < 1.29 is 14.4 Å². The van der Waals surface area contributed by atoms with E-state index in [-0.39, 0.29) is 30.8 Å². The van der Waals surface area contributed by atoms with Gasteiger partial charge >= 0.3 is 0 Å². The molecule has 34 heavy (non-hydrogen) atoms. The second-order valence-electron chi connectivity index (χ2n) is 8.19. The van der Waals surface area contributed by atoms with Gasteiger partial charge in [-0.2, -0.15) is 0 Å². The van der Waals surface area contributed by atoms with Crippen molar-refractivity contribution in [1.82, 2.24) is 4.90 Å². The molecule has 6 heteroatoms. The van der Waals surface area contributed by atoms with Crippen molar-refractivity contribution in [2.75, 3.05) is 18.0 Å². The minimum atomic E-state index is -0.349. The summed E-state index contributed by atoms with van der Waals surface area (Å²) in [6.07, 6.45) is 0. The Bertz CT molecular complexity index is 1430. The number of benzene rings is 4. The maximum absolute atomic E-state index is 13.5. The third kappa shape index (κ3) is 3.70. The molecule has 0 radical (unpaired) electrons. The molecule has 0 aliphatic carbocycles. The van der Waals surface area contributed by atoms with E-state index in [1.54, 1.807) is 29.2 Å². The van der Waals surface area contributed by atoms with E-state index in [9.17, 15) is 14.4 Å². The fraction of sp³-hybridized carbons (Fsp3) is 0.107. The number of aryl methyl sites for hydroxylation is 1. The van der Waals surface area contributed by atoms with Crippen LogP contribution in [0.3, 0.4) is 0 Å². The highest BCUT2D eigenvalue weighted by molar-refractivity contribution is 9.10. The Balaban J connectivity index is 1.50. The van der Waals surface area contributed by atoms with Gasteiger partial charge in [-0.1, -0.05) is 64.5 Å². The number of nitrogens with zero attached hydrogens (tertiary/aromatic N) is 2. The first-order valence-electron chi connectivity index (χ1n) is 11.0. The van der Waals surface area contributed by atoms with E-state index in [4.69, 9.17) is 0 Å². The lowest BCUT2D eigenvalue weighted by atomic mass is 9.94. The smallest absolute Gasteiger partial charge is 0.261 e. The highest BCUT2D eigenvalue weighted by Crippen LogP contribution is 2.34. The predicted molar refractivity (Wildman–Crippen MR) is 136 cm³/mol. The van der Waals surface area contributed by atoms with E-state index in [2.05, 4.69) is 15.9 Å². The van der Waals surface area contributed by atoms with Crippen LogP contribution in [0.5, 0.6) is 0 Å². The molecule has 0 fully saturated rings. The summed E-state index contributed by atoms with van der Waals surface area (Å²) in [5, 5.41) is 1.50. The van der Waals surface area contributed by atoms with Gasteiger partial charge in [0.1, 0.15) is 0 Å². The van der Waals surface area contributed by atoms with Crippen molar-refractivity contribution in [3.05, 3.63) is 112 Å². The number of hydrogen-bond acceptors (Lipinski definition) is 3. The fourth-order valence-electron chi connectivity index (χ4n) is 4.45. The van der Waals surface area contributed by atoms with Crippen LogP contribution >= 0.6 is 15.9 Å². The maximum Gasteiger partial charge on any atom is 0.261 e. The van der Waals surface area contributed by atoms with Crippen LogP contribution in [0.2, 0.25) is 0 Å². The minimum absolute atomic E-state index is 0.0798. The molecule has 1 heterocycles. The number of halogens is 1. The number of para-hydroxylation sites is 1. The van der Waals surface area contributed by atoms with Gasteiger partial charge in [0, 0.05) is 45.3 Å². The SMILES string of the molecule is Cc1ccccc1N(CCN1C(=O)c2cccc3c(Br)ccc(c23)C1=O)C(=O)c1ccccc1. The fourth-order valence-corrected chi connectivity index (χ4v) is 4.91. The number of carbonyl (C=O) groups is 3. The third-order valence-electron chi connectivity index (χ3n) is 6.16. The van der Waals surface area contributed by atoms with Gasteiger partial charge < -0.3 is 4.90 Å². The van der Waals surface area contributed by atoms with Gasteiger partial charge in [-0.3, -0.25) is 19.3 Å². The van der Waals surface area contributed by atoms with E-state index in [1.807, 2.05) is 67.6 Å². The van der Waals surface area contributed by atoms with Crippen LogP contribution < -0.4 is 4.90 Å². The summed E-state index contributed by atoms with van der Waals surface area (Å²) in [4.78, 5) is 43.1. The summed E-state index contributed by atoms with van der Waals surface area (Å²) < 4.78 is 0.835. The van der Waals surface area contributed by atoms with Crippen molar-refractivity contribution in [3.8, 4) is 0 Å². The zero-order valence-electron chi connectivity index (χ0n) is 18.5. The Hall–Kier alpha value is -3.77. The van der Waals surface area contributed by atoms with Crippen LogP contribution in [0.4, 0.5) is 5.69 Å². The number of carbonyl (C=O) groups excluding carboxylic acids is 3. The molecule has 168 valence electrons. The largest absolute Gasteiger partial charge is 0.306 e. The first-order valence-corrected chi connectivity index (χ1v) is 11.8. The summed E-state index contributed by atoms with van der Waals surface area (Å²) in [6.45, 7) is 2.20. The molecule has 0 bridgehead atoms. The van der Waals surface area contributed by atoms with E-state index in [0.29, 0.717) is 22.1 Å². The van der Waals surface area contributed by atoms with Gasteiger partial charge in [0.2, 0.25) is 0 Å². The van der Waals surface area contributed by atoms with Crippen molar-refractivity contribution in [1.29, 1.82) is 0 Å². The van der Waals surface area contributed by atoms with Crippen LogP contribution in [0, 0.1) is 6.92 Å². The molecular formula is C28H21BrN2O3. The number of hydrogen-bond donors (Lipinski definition) is 0. The average Bonchev–Trinajstić information content (AvgIpc) is 2.86. The molecule has 3 amide bonds. The van der Waals surface area contributed by atoms with Crippen molar-refractivity contribution in [2.45, 2.75) is 6.92 Å². The zero-order valence-corrected chi connectivity index (χ0v) is 20.1. The van der Waals surface area contributed by atoms with Gasteiger partial charge in [-0.15, -0.1) is 0 Å². The molecule has 1 aliphatic heterocycles. The number of amides is 3. The topological polar surface area (TPSA) is 57.7 Å². The highest BCUT2D eigenvalue weighted by atomic mass is 79.9. The quantitative estimate of drug-likeness (QED) is 0.315. The molecule has 0 saturated carbocycles. The van der Waals surface area contributed by atoms with Gasteiger partial charge in [-0.25, -0.2) is 0 Å². The lowest BCUT2D eigenvalue weighted by Crippen LogP contribution is -2.46. The summed E-state index contributed by atoms with van der Waals surface area (Å²) in [5.74, 6) is -0.880. The van der Waals surface area contributed by atoms with Crippen molar-refractivity contribution in [2.24, 2.45) is 0 Å². The lowest BCUT2D eigenvalue weighted by molar-refractivity contribution is 0.0611. The van der Waals surface area contributed by atoms with E-state index < -0.39 is 0 Å². The van der Waals surface area contributed by atoms with Crippen molar-refractivity contribution in [3.63, 3.8) is 0 Å². The summed E-state index contributed by atoms with van der Waals surface area (Å²) >= 11 is 3.51. The lowest BCUT2D eigenvalue weighted by Gasteiger charge is -2.31. The highest BCUT2D eigenvalue weighted by Gasteiger charge is 2.34. The Kier molecular flexibility index (Phi) is 5.75. The number of rotatable bonds is 5. The van der Waals surface area contributed by atoms with Gasteiger partial charge in [0.05, 0.1) is 0 Å². The molecule has 0 saturated heterocycles. The van der Waals surface area contributed by atoms with Crippen LogP contribution in [0.1, 0.15) is 36.6 Å². The van der Waals surface area contributed by atoms with Crippen LogP contribution in [-0.4, -0.2) is 35.7 Å². The van der Waals surface area contributed by atoms with Gasteiger partial charge in [-0.05, 0) is 54.3 Å². The molecule has 4 aromatic rings. The summed E-state index contributed by atoms with van der Waals surface area (Å²) in [5.41, 5.74) is 3.21. The molecule has 0 aromatic heterocycles. The van der Waals surface area contributed by atoms with Crippen LogP contribution in [0.25, 0.3) is 10.8 Å². The maximum atomic E-state index is 13.5. The van der Waals surface area contributed by atoms with Gasteiger partial charge in [0.15, 0.2) is 0 Å². The van der Waals surface area contributed by atoms with Crippen molar-refractivity contribution >= 4 is 50.1 Å². The normalized spacial score (nSPS) is 12.8. The second kappa shape index (κ2) is 8.88. The Morgan fingerprint density at radius 1 is 0.824 bits per heavy atom. The van der Waals surface area contributed by atoms with E-state index in [1.165, 1.54) is 4.90 Å². The number of imide groups is 1. The van der Waals surface area contributed by atoms with Gasteiger partial charge in [0.25, 0.3) is 17.7 Å². The Labute approximate surface area is 205 Å². The van der Waals surface area contributed by atoms with E-state index >= 15 is 0 Å². The molecule has 0 unspecified atom stereocenters. The summed E-state index contributed by atoms with van der Waals surface area (Å²) in [6, 6.07) is 25.6. The third-order valence-corrected chi connectivity index (χ3v) is 6.85. The molecule has 5 nitrogen and oxygen atoms in total. The average molecular weight is 513 g/mol. The molecule has 4 aromatic carbocycles. The molecule has 0 atom stereocenters. The molecule has 5 rings (SSSR count). The monoisotopic (exact) mass is 512 g/mol. The molecule has 0 spiro atoms. The molecular weight excluding hydrogens is 492 g/mol. The second-order valence-corrected chi connectivity index (χ2v) is 9.05. The Morgan fingerprint density at radius 2 is 1.50 bits per heavy atom. The Morgan fingerprint density at radius 3 is 2.24 bits per heavy atom. The summed E-state index contributed by atoms with van der Waals surface area (Å²) in [7, 11) is 0. The van der Waals surface area contributed by atoms with Crippen LogP contribution in [-0.2, 0) is 0 Å².